The van der Waals surface area contributed by atoms with Gasteiger partial charge in [-0.25, -0.2) is 0 Å². The standard InChI is InChI=1S/C15H23NO3/c1-4-16-14-10-18-15-9-12(5-6-13(14)15)19-11(2)7-8-17-3/h5-6,9,11,14,16H,4,7-8,10H2,1-3H3. The third-order valence-electron chi connectivity index (χ3n) is 3.28. The lowest BCUT2D eigenvalue weighted by atomic mass is 10.1. The van der Waals surface area contributed by atoms with Gasteiger partial charge in [0.15, 0.2) is 0 Å². The smallest absolute Gasteiger partial charge is 0.128 e. The third-order valence-corrected chi connectivity index (χ3v) is 3.28. The maximum absolute atomic E-state index is 5.86. The van der Waals surface area contributed by atoms with E-state index in [-0.39, 0.29) is 6.10 Å². The fraction of sp³-hybridized carbons (Fsp3) is 0.600. The first-order chi connectivity index (χ1) is 9.24. The molecule has 0 saturated heterocycles. The molecule has 0 fully saturated rings. The summed E-state index contributed by atoms with van der Waals surface area (Å²) in [4.78, 5) is 0. The Morgan fingerprint density at radius 3 is 3.05 bits per heavy atom. The monoisotopic (exact) mass is 265 g/mol. The maximum atomic E-state index is 5.86. The van der Waals surface area contributed by atoms with Crippen molar-refractivity contribution in [3.8, 4) is 11.5 Å². The van der Waals surface area contributed by atoms with Crippen molar-refractivity contribution in [2.24, 2.45) is 0 Å². The van der Waals surface area contributed by atoms with Gasteiger partial charge in [0.05, 0.1) is 12.1 Å². The molecule has 19 heavy (non-hydrogen) atoms. The molecule has 0 aliphatic carbocycles. The number of hydrogen-bond donors (Lipinski definition) is 1. The van der Waals surface area contributed by atoms with Gasteiger partial charge in [-0.15, -0.1) is 0 Å². The molecule has 2 atom stereocenters. The van der Waals surface area contributed by atoms with Crippen LogP contribution in [-0.2, 0) is 4.74 Å². The molecule has 0 bridgehead atoms. The predicted octanol–water partition coefficient (Wildman–Crippen LogP) is 2.53. The van der Waals surface area contributed by atoms with Crippen molar-refractivity contribution >= 4 is 0 Å². The van der Waals surface area contributed by atoms with E-state index in [1.807, 2.05) is 12.1 Å². The number of nitrogens with one attached hydrogen (secondary N) is 1. The van der Waals surface area contributed by atoms with Crippen molar-refractivity contribution in [1.82, 2.24) is 5.32 Å². The molecule has 1 aromatic rings. The second-order valence-corrected chi connectivity index (χ2v) is 4.83. The summed E-state index contributed by atoms with van der Waals surface area (Å²) in [6.45, 7) is 6.51. The average Bonchev–Trinajstić information content (AvgIpc) is 2.79. The van der Waals surface area contributed by atoms with Crippen molar-refractivity contribution < 1.29 is 14.2 Å². The number of fused-ring (bicyclic) bond motifs is 1. The Bertz CT molecular complexity index is 408. The fourth-order valence-corrected chi connectivity index (χ4v) is 2.25. The lowest BCUT2D eigenvalue weighted by Gasteiger charge is -2.15. The van der Waals surface area contributed by atoms with Crippen molar-refractivity contribution in [2.45, 2.75) is 32.4 Å². The molecular formula is C15H23NO3. The Labute approximate surface area is 115 Å². The molecular weight excluding hydrogens is 242 g/mol. The largest absolute Gasteiger partial charge is 0.491 e. The molecule has 0 aromatic heterocycles. The lowest BCUT2D eigenvalue weighted by molar-refractivity contribution is 0.135. The Morgan fingerprint density at radius 2 is 2.32 bits per heavy atom. The minimum Gasteiger partial charge on any atom is -0.491 e. The van der Waals surface area contributed by atoms with E-state index in [0.29, 0.717) is 19.3 Å². The number of rotatable bonds is 7. The van der Waals surface area contributed by atoms with Gasteiger partial charge in [-0.1, -0.05) is 6.92 Å². The molecule has 2 unspecified atom stereocenters. The van der Waals surface area contributed by atoms with Gasteiger partial charge in [0.1, 0.15) is 18.1 Å². The summed E-state index contributed by atoms with van der Waals surface area (Å²) >= 11 is 0. The minimum absolute atomic E-state index is 0.143. The highest BCUT2D eigenvalue weighted by atomic mass is 16.5. The van der Waals surface area contributed by atoms with Crippen molar-refractivity contribution in [2.75, 3.05) is 26.9 Å². The van der Waals surface area contributed by atoms with E-state index in [1.54, 1.807) is 7.11 Å². The maximum Gasteiger partial charge on any atom is 0.128 e. The summed E-state index contributed by atoms with van der Waals surface area (Å²) < 4.78 is 16.6. The number of methoxy groups -OCH3 is 1. The molecule has 4 heteroatoms. The molecule has 0 amide bonds. The van der Waals surface area contributed by atoms with E-state index in [1.165, 1.54) is 5.56 Å². The zero-order valence-corrected chi connectivity index (χ0v) is 11.9. The van der Waals surface area contributed by atoms with Crippen molar-refractivity contribution in [3.63, 3.8) is 0 Å². The number of likely N-dealkylation sites (N-methyl/N-ethyl adjacent to an activating group) is 1. The molecule has 1 heterocycles. The van der Waals surface area contributed by atoms with Crippen LogP contribution in [0.3, 0.4) is 0 Å². The van der Waals surface area contributed by atoms with Crippen LogP contribution in [0.2, 0.25) is 0 Å². The molecule has 1 aromatic carbocycles. The Kier molecular flexibility index (Phi) is 5.05. The van der Waals surface area contributed by atoms with Crippen LogP contribution in [-0.4, -0.2) is 33.0 Å². The topological polar surface area (TPSA) is 39.7 Å². The van der Waals surface area contributed by atoms with Gasteiger partial charge in [-0.3, -0.25) is 0 Å². The fourth-order valence-electron chi connectivity index (χ4n) is 2.25. The SMILES string of the molecule is CCNC1COc2cc(OC(C)CCOC)ccc21. The first-order valence-corrected chi connectivity index (χ1v) is 6.90. The highest BCUT2D eigenvalue weighted by Gasteiger charge is 2.23. The summed E-state index contributed by atoms with van der Waals surface area (Å²) in [5.41, 5.74) is 1.22. The van der Waals surface area contributed by atoms with E-state index in [9.17, 15) is 0 Å². The highest BCUT2D eigenvalue weighted by molar-refractivity contribution is 5.45. The van der Waals surface area contributed by atoms with Crippen LogP contribution in [0.4, 0.5) is 0 Å². The van der Waals surface area contributed by atoms with Gasteiger partial charge in [0.25, 0.3) is 0 Å². The summed E-state index contributed by atoms with van der Waals surface area (Å²) in [6.07, 6.45) is 1.03. The van der Waals surface area contributed by atoms with Crippen LogP contribution in [0, 0.1) is 0 Å². The second-order valence-electron chi connectivity index (χ2n) is 4.83. The zero-order chi connectivity index (χ0) is 13.7. The second kappa shape index (κ2) is 6.78. The molecule has 0 radical (unpaired) electrons. The molecule has 0 spiro atoms. The van der Waals surface area contributed by atoms with E-state index in [4.69, 9.17) is 14.2 Å². The minimum atomic E-state index is 0.143. The highest BCUT2D eigenvalue weighted by Crippen LogP contribution is 2.35. The number of benzene rings is 1. The Hall–Kier alpha value is -1.26. The molecule has 1 aliphatic rings. The van der Waals surface area contributed by atoms with Gasteiger partial charge in [-0.2, -0.15) is 0 Å². The Morgan fingerprint density at radius 1 is 1.47 bits per heavy atom. The van der Waals surface area contributed by atoms with E-state index < -0.39 is 0 Å². The first kappa shape index (κ1) is 14.2. The zero-order valence-electron chi connectivity index (χ0n) is 11.9. The predicted molar refractivity (Wildman–Crippen MR) is 74.9 cm³/mol. The molecule has 2 rings (SSSR count). The van der Waals surface area contributed by atoms with E-state index in [0.717, 1.165) is 24.5 Å². The molecule has 1 N–H and O–H groups in total. The molecule has 106 valence electrons. The van der Waals surface area contributed by atoms with Crippen LogP contribution >= 0.6 is 0 Å². The van der Waals surface area contributed by atoms with Gasteiger partial charge in [-0.05, 0) is 25.6 Å². The van der Waals surface area contributed by atoms with Crippen molar-refractivity contribution in [3.05, 3.63) is 23.8 Å². The Balaban J connectivity index is 1.98. The van der Waals surface area contributed by atoms with Gasteiger partial charge in [0.2, 0.25) is 0 Å². The summed E-state index contributed by atoms with van der Waals surface area (Å²) in [5, 5.41) is 3.41. The van der Waals surface area contributed by atoms with Crippen LogP contribution < -0.4 is 14.8 Å². The van der Waals surface area contributed by atoms with Crippen LogP contribution in [0.5, 0.6) is 11.5 Å². The van der Waals surface area contributed by atoms with Crippen LogP contribution in [0.15, 0.2) is 18.2 Å². The lowest BCUT2D eigenvalue weighted by Crippen LogP contribution is -2.21. The number of ether oxygens (including phenoxy) is 3. The third kappa shape index (κ3) is 3.61. The van der Waals surface area contributed by atoms with Gasteiger partial charge < -0.3 is 19.5 Å². The quantitative estimate of drug-likeness (QED) is 0.822. The van der Waals surface area contributed by atoms with Crippen LogP contribution in [0.1, 0.15) is 31.9 Å². The van der Waals surface area contributed by atoms with E-state index in [2.05, 4.69) is 25.2 Å². The summed E-state index contributed by atoms with van der Waals surface area (Å²) in [5.74, 6) is 1.79. The molecule has 4 nitrogen and oxygen atoms in total. The first-order valence-electron chi connectivity index (χ1n) is 6.90. The summed E-state index contributed by atoms with van der Waals surface area (Å²) in [6, 6.07) is 6.39. The average molecular weight is 265 g/mol. The van der Waals surface area contributed by atoms with Crippen LogP contribution in [0.25, 0.3) is 0 Å². The molecule has 1 aliphatic heterocycles. The normalized spacial score (nSPS) is 18.8. The van der Waals surface area contributed by atoms with E-state index >= 15 is 0 Å². The summed E-state index contributed by atoms with van der Waals surface area (Å²) in [7, 11) is 1.71. The van der Waals surface area contributed by atoms with Gasteiger partial charge >= 0.3 is 0 Å². The van der Waals surface area contributed by atoms with Gasteiger partial charge in [0, 0.05) is 31.8 Å². The number of hydrogen-bond acceptors (Lipinski definition) is 4. The molecule has 0 saturated carbocycles. The van der Waals surface area contributed by atoms with Crippen molar-refractivity contribution in [1.29, 1.82) is 0 Å².